The van der Waals surface area contributed by atoms with Gasteiger partial charge >= 0.3 is 6.03 Å². The Morgan fingerprint density at radius 1 is 1.53 bits per heavy atom. The van der Waals surface area contributed by atoms with Gasteiger partial charge in [0.15, 0.2) is 17.5 Å². The van der Waals surface area contributed by atoms with Crippen LogP contribution in [0.25, 0.3) is 0 Å². The molecule has 0 atom stereocenters. The number of carbonyl (C=O) groups excluding carboxylic acids is 2. The number of amides is 3. The SMILES string of the molecule is CCNC(=O)NC(=O)COc1cccnc1Cl. The number of hydrogen-bond acceptors (Lipinski definition) is 4. The van der Waals surface area contributed by atoms with Crippen LogP contribution in [-0.2, 0) is 4.79 Å². The van der Waals surface area contributed by atoms with E-state index in [1.165, 1.54) is 6.20 Å². The topological polar surface area (TPSA) is 80.3 Å². The Balaban J connectivity index is 2.38. The van der Waals surface area contributed by atoms with Crippen molar-refractivity contribution >= 4 is 23.5 Å². The van der Waals surface area contributed by atoms with Crippen molar-refractivity contribution in [2.45, 2.75) is 6.92 Å². The molecule has 92 valence electrons. The summed E-state index contributed by atoms with van der Waals surface area (Å²) in [4.78, 5) is 26.0. The van der Waals surface area contributed by atoms with Gasteiger partial charge in [0.25, 0.3) is 5.91 Å². The molecule has 1 rings (SSSR count). The smallest absolute Gasteiger partial charge is 0.321 e. The molecule has 1 heterocycles. The molecule has 0 aromatic carbocycles. The normalized spacial score (nSPS) is 9.53. The van der Waals surface area contributed by atoms with Crippen LogP contribution in [0.1, 0.15) is 6.92 Å². The van der Waals surface area contributed by atoms with E-state index < -0.39 is 11.9 Å². The van der Waals surface area contributed by atoms with E-state index in [4.69, 9.17) is 16.3 Å². The second kappa shape index (κ2) is 6.70. The van der Waals surface area contributed by atoms with Crippen molar-refractivity contribution in [1.82, 2.24) is 15.6 Å². The number of hydrogen-bond donors (Lipinski definition) is 2. The monoisotopic (exact) mass is 257 g/mol. The number of aromatic nitrogens is 1. The van der Waals surface area contributed by atoms with E-state index in [-0.39, 0.29) is 11.8 Å². The summed E-state index contributed by atoms with van der Waals surface area (Å²) >= 11 is 5.72. The minimum Gasteiger partial charge on any atom is -0.481 e. The van der Waals surface area contributed by atoms with Crippen LogP contribution in [0.15, 0.2) is 18.3 Å². The minimum absolute atomic E-state index is 0.165. The molecule has 3 amide bonds. The molecule has 2 N–H and O–H groups in total. The molecule has 7 heteroatoms. The molecule has 0 spiro atoms. The second-order valence-corrected chi connectivity index (χ2v) is 3.35. The van der Waals surface area contributed by atoms with Crippen LogP contribution in [0, 0.1) is 0 Å². The fraction of sp³-hybridized carbons (Fsp3) is 0.300. The average Bonchev–Trinajstić information content (AvgIpc) is 2.28. The third-order valence-electron chi connectivity index (χ3n) is 1.67. The summed E-state index contributed by atoms with van der Waals surface area (Å²) < 4.78 is 5.09. The zero-order chi connectivity index (χ0) is 12.7. The van der Waals surface area contributed by atoms with Gasteiger partial charge in [-0.2, -0.15) is 0 Å². The lowest BCUT2D eigenvalue weighted by Crippen LogP contribution is -2.41. The van der Waals surface area contributed by atoms with Gasteiger partial charge in [0.05, 0.1) is 0 Å². The Bertz CT molecular complexity index is 412. The molecule has 0 radical (unpaired) electrons. The van der Waals surface area contributed by atoms with Crippen LogP contribution in [-0.4, -0.2) is 30.1 Å². The molecule has 0 fully saturated rings. The van der Waals surface area contributed by atoms with Gasteiger partial charge in [-0.25, -0.2) is 9.78 Å². The van der Waals surface area contributed by atoms with E-state index >= 15 is 0 Å². The molecular weight excluding hydrogens is 246 g/mol. The van der Waals surface area contributed by atoms with Crippen molar-refractivity contribution in [3.8, 4) is 5.75 Å². The molecule has 0 saturated carbocycles. The fourth-order valence-corrected chi connectivity index (χ4v) is 1.16. The van der Waals surface area contributed by atoms with E-state index in [0.29, 0.717) is 12.3 Å². The number of imide groups is 1. The predicted octanol–water partition coefficient (Wildman–Crippen LogP) is 0.959. The molecule has 1 aromatic heterocycles. The van der Waals surface area contributed by atoms with Crippen molar-refractivity contribution in [2.24, 2.45) is 0 Å². The summed E-state index contributed by atoms with van der Waals surface area (Å²) in [6.45, 7) is 1.88. The highest BCUT2D eigenvalue weighted by atomic mass is 35.5. The number of halogens is 1. The molecule has 0 bridgehead atoms. The first-order chi connectivity index (χ1) is 8.13. The highest BCUT2D eigenvalue weighted by Gasteiger charge is 2.08. The molecule has 0 saturated heterocycles. The number of carbonyl (C=O) groups is 2. The fourth-order valence-electron chi connectivity index (χ4n) is 0.990. The third-order valence-corrected chi connectivity index (χ3v) is 1.96. The number of ether oxygens (including phenoxy) is 1. The first-order valence-electron chi connectivity index (χ1n) is 4.94. The molecule has 0 aliphatic heterocycles. The Kier molecular flexibility index (Phi) is 5.22. The van der Waals surface area contributed by atoms with E-state index in [9.17, 15) is 9.59 Å². The van der Waals surface area contributed by atoms with Gasteiger partial charge in [-0.3, -0.25) is 10.1 Å². The summed E-state index contributed by atoms with van der Waals surface area (Å²) in [6.07, 6.45) is 1.50. The largest absolute Gasteiger partial charge is 0.481 e. The summed E-state index contributed by atoms with van der Waals surface area (Å²) in [5.74, 6) is -0.268. The van der Waals surface area contributed by atoms with E-state index in [2.05, 4.69) is 15.6 Å². The zero-order valence-corrected chi connectivity index (χ0v) is 9.95. The van der Waals surface area contributed by atoms with Gasteiger partial charge in [-0.05, 0) is 19.1 Å². The Labute approximate surface area is 103 Å². The van der Waals surface area contributed by atoms with Crippen LogP contribution < -0.4 is 15.4 Å². The van der Waals surface area contributed by atoms with Gasteiger partial charge in [-0.15, -0.1) is 0 Å². The third kappa shape index (κ3) is 4.69. The van der Waals surface area contributed by atoms with Crippen LogP contribution in [0.3, 0.4) is 0 Å². The number of urea groups is 1. The van der Waals surface area contributed by atoms with Gasteiger partial charge in [0.1, 0.15) is 0 Å². The van der Waals surface area contributed by atoms with E-state index in [0.717, 1.165) is 0 Å². The van der Waals surface area contributed by atoms with Crippen LogP contribution in [0.4, 0.5) is 4.79 Å². The van der Waals surface area contributed by atoms with Crippen LogP contribution in [0.2, 0.25) is 5.15 Å². The molecule has 1 aromatic rings. The van der Waals surface area contributed by atoms with E-state index in [1.807, 2.05) is 0 Å². The Morgan fingerprint density at radius 3 is 2.94 bits per heavy atom. The zero-order valence-electron chi connectivity index (χ0n) is 9.20. The highest BCUT2D eigenvalue weighted by molar-refractivity contribution is 6.30. The van der Waals surface area contributed by atoms with Crippen molar-refractivity contribution < 1.29 is 14.3 Å². The standard InChI is InChI=1S/C10H12ClN3O3/c1-2-12-10(16)14-8(15)6-17-7-4-3-5-13-9(7)11/h3-5H,2,6H2,1H3,(H2,12,14,15,16). The predicted molar refractivity (Wildman–Crippen MR) is 62.0 cm³/mol. The van der Waals surface area contributed by atoms with Crippen LogP contribution >= 0.6 is 11.6 Å². The second-order valence-electron chi connectivity index (χ2n) is 2.99. The molecule has 0 aliphatic rings. The maximum absolute atomic E-state index is 11.3. The number of nitrogens with zero attached hydrogens (tertiary/aromatic N) is 1. The molecular formula is C10H12ClN3O3. The molecule has 17 heavy (non-hydrogen) atoms. The van der Waals surface area contributed by atoms with Gasteiger partial charge in [0, 0.05) is 12.7 Å². The van der Waals surface area contributed by atoms with Gasteiger partial charge in [-0.1, -0.05) is 11.6 Å². The molecule has 0 unspecified atom stereocenters. The van der Waals surface area contributed by atoms with Crippen molar-refractivity contribution in [3.63, 3.8) is 0 Å². The Hall–Kier alpha value is -1.82. The lowest BCUT2D eigenvalue weighted by atomic mass is 10.4. The lowest BCUT2D eigenvalue weighted by molar-refractivity contribution is -0.122. The minimum atomic E-state index is -0.559. The first-order valence-corrected chi connectivity index (χ1v) is 5.32. The van der Waals surface area contributed by atoms with Gasteiger partial charge in [0.2, 0.25) is 0 Å². The van der Waals surface area contributed by atoms with Crippen molar-refractivity contribution in [1.29, 1.82) is 0 Å². The number of pyridine rings is 1. The first kappa shape index (κ1) is 13.2. The molecule has 0 aliphatic carbocycles. The van der Waals surface area contributed by atoms with Crippen molar-refractivity contribution in [2.75, 3.05) is 13.2 Å². The summed E-state index contributed by atoms with van der Waals surface area (Å²) in [5, 5.41) is 4.68. The molecule has 6 nitrogen and oxygen atoms in total. The summed E-state index contributed by atoms with van der Waals surface area (Å²) in [5.41, 5.74) is 0. The summed E-state index contributed by atoms with van der Waals surface area (Å²) in [6, 6.07) is 2.65. The highest BCUT2D eigenvalue weighted by Crippen LogP contribution is 2.19. The van der Waals surface area contributed by atoms with Crippen LogP contribution in [0.5, 0.6) is 5.75 Å². The quantitative estimate of drug-likeness (QED) is 0.788. The number of rotatable bonds is 4. The average molecular weight is 258 g/mol. The van der Waals surface area contributed by atoms with Crippen molar-refractivity contribution in [3.05, 3.63) is 23.5 Å². The maximum atomic E-state index is 11.3. The summed E-state index contributed by atoms with van der Waals surface area (Å²) in [7, 11) is 0. The number of nitrogens with one attached hydrogen (secondary N) is 2. The lowest BCUT2D eigenvalue weighted by Gasteiger charge is -2.07. The van der Waals surface area contributed by atoms with Gasteiger partial charge < -0.3 is 10.1 Å². The van der Waals surface area contributed by atoms with E-state index in [1.54, 1.807) is 19.1 Å². The maximum Gasteiger partial charge on any atom is 0.321 e. The Morgan fingerprint density at radius 2 is 2.29 bits per heavy atom.